The Morgan fingerprint density at radius 3 is 2.57 bits per heavy atom. The number of hydrogen-bond acceptors (Lipinski definition) is 5. The van der Waals surface area contributed by atoms with E-state index in [-0.39, 0.29) is 22.5 Å². The number of halogens is 1. The molecule has 0 bridgehead atoms. The maximum Gasteiger partial charge on any atom is 0.339 e. The summed E-state index contributed by atoms with van der Waals surface area (Å²) in [7, 11) is 0. The van der Waals surface area contributed by atoms with Crippen LogP contribution < -0.4 is 5.32 Å². The summed E-state index contributed by atoms with van der Waals surface area (Å²) in [4.78, 5) is 14.7. The van der Waals surface area contributed by atoms with Gasteiger partial charge < -0.3 is 10.4 Å². The maximum absolute atomic E-state index is 13.0. The second-order valence-electron chi connectivity index (χ2n) is 3.96. The monoisotopic (exact) mass is 282 g/mol. The average Bonchev–Trinajstić information content (AvgIpc) is 2.48. The third-order valence-corrected chi connectivity index (χ3v) is 2.61. The Morgan fingerprint density at radius 1 is 1.24 bits per heavy atom. The number of nitrogens with zero attached hydrogens (tertiary/aromatic N) is 3. The number of benzene rings is 1. The lowest BCUT2D eigenvalue weighted by Crippen LogP contribution is -2.06. The fraction of sp³-hybridized carbons (Fsp3) is 0. The van der Waals surface area contributed by atoms with E-state index in [4.69, 9.17) is 15.6 Å². The van der Waals surface area contributed by atoms with E-state index in [1.807, 2.05) is 12.1 Å². The molecule has 1 aromatic heterocycles. The smallest absolute Gasteiger partial charge is 0.339 e. The van der Waals surface area contributed by atoms with Crippen LogP contribution >= 0.6 is 0 Å². The summed E-state index contributed by atoms with van der Waals surface area (Å²) in [5.74, 6) is -2.16. The summed E-state index contributed by atoms with van der Waals surface area (Å²) >= 11 is 0. The van der Waals surface area contributed by atoms with Crippen LogP contribution in [0.5, 0.6) is 0 Å². The number of carboxylic acids is 1. The number of aromatic nitrogens is 1. The van der Waals surface area contributed by atoms with Crippen molar-refractivity contribution in [1.82, 2.24) is 4.98 Å². The predicted molar refractivity (Wildman–Crippen MR) is 70.3 cm³/mol. The Hall–Kier alpha value is -3.45. The second-order valence-corrected chi connectivity index (χ2v) is 3.96. The van der Waals surface area contributed by atoms with Crippen LogP contribution in [0, 0.1) is 28.5 Å². The van der Waals surface area contributed by atoms with Crippen LogP contribution in [0.3, 0.4) is 0 Å². The summed E-state index contributed by atoms with van der Waals surface area (Å²) in [6.45, 7) is 0. The number of carbonyl (C=O) groups is 1. The number of nitriles is 2. The Morgan fingerprint density at radius 2 is 1.95 bits per heavy atom. The molecule has 0 spiro atoms. The van der Waals surface area contributed by atoms with Crippen LogP contribution in [0.2, 0.25) is 0 Å². The van der Waals surface area contributed by atoms with Gasteiger partial charge in [-0.15, -0.1) is 0 Å². The van der Waals surface area contributed by atoms with Gasteiger partial charge in [0, 0.05) is 5.69 Å². The SMILES string of the molecule is N#Cc1ccc(Nc2ncc(F)cc2C(=O)O)cc1C#N. The number of rotatable bonds is 3. The molecule has 2 aromatic rings. The molecule has 1 heterocycles. The average molecular weight is 282 g/mol. The van der Waals surface area contributed by atoms with Crippen LogP contribution in [0.4, 0.5) is 15.9 Å². The molecular weight excluding hydrogens is 275 g/mol. The summed E-state index contributed by atoms with van der Waals surface area (Å²) < 4.78 is 13.0. The maximum atomic E-state index is 13.0. The van der Waals surface area contributed by atoms with E-state index in [0.29, 0.717) is 5.69 Å². The normalized spacial score (nSPS) is 9.48. The number of aromatic carboxylic acids is 1. The van der Waals surface area contributed by atoms with Crippen molar-refractivity contribution in [1.29, 1.82) is 10.5 Å². The van der Waals surface area contributed by atoms with Crippen LogP contribution in [0.15, 0.2) is 30.5 Å². The van der Waals surface area contributed by atoms with Crippen LogP contribution in [0.25, 0.3) is 0 Å². The van der Waals surface area contributed by atoms with Crippen LogP contribution in [-0.4, -0.2) is 16.1 Å². The third-order valence-electron chi connectivity index (χ3n) is 2.61. The van der Waals surface area contributed by atoms with Gasteiger partial charge in [0.2, 0.25) is 0 Å². The van der Waals surface area contributed by atoms with Crippen molar-refractivity contribution in [2.24, 2.45) is 0 Å². The molecule has 102 valence electrons. The minimum Gasteiger partial charge on any atom is -0.478 e. The van der Waals surface area contributed by atoms with E-state index < -0.39 is 11.8 Å². The zero-order chi connectivity index (χ0) is 15.4. The van der Waals surface area contributed by atoms with E-state index in [9.17, 15) is 9.18 Å². The highest BCUT2D eigenvalue weighted by Gasteiger charge is 2.13. The van der Waals surface area contributed by atoms with Crippen molar-refractivity contribution in [3.05, 3.63) is 53.0 Å². The van der Waals surface area contributed by atoms with Crippen molar-refractivity contribution in [3.63, 3.8) is 0 Å². The van der Waals surface area contributed by atoms with Crippen molar-refractivity contribution < 1.29 is 14.3 Å². The Balaban J connectivity index is 2.42. The zero-order valence-electron chi connectivity index (χ0n) is 10.5. The molecule has 0 saturated carbocycles. The molecule has 1 aromatic carbocycles. The van der Waals surface area contributed by atoms with E-state index in [1.54, 1.807) is 0 Å². The molecule has 0 aliphatic carbocycles. The summed E-state index contributed by atoms with van der Waals surface area (Å²) in [5, 5.41) is 29.5. The quantitative estimate of drug-likeness (QED) is 0.894. The minimum atomic E-state index is -1.33. The first kappa shape index (κ1) is 14.0. The molecule has 6 nitrogen and oxygen atoms in total. The zero-order valence-corrected chi connectivity index (χ0v) is 10.5. The van der Waals surface area contributed by atoms with Crippen molar-refractivity contribution in [3.8, 4) is 12.1 Å². The standard InChI is InChI=1S/C14H7FN4O2/c15-10-4-12(14(20)21)13(18-7-10)19-11-2-1-8(5-16)9(3-11)6-17/h1-4,7H,(H,18,19)(H,20,21). The molecule has 0 amide bonds. The molecule has 7 heteroatoms. The molecule has 0 radical (unpaired) electrons. The lowest BCUT2D eigenvalue weighted by molar-refractivity contribution is 0.0697. The number of pyridine rings is 1. The van der Waals surface area contributed by atoms with Gasteiger partial charge >= 0.3 is 5.97 Å². The Labute approximate surface area is 118 Å². The summed E-state index contributed by atoms with van der Waals surface area (Å²) in [6, 6.07) is 8.87. The minimum absolute atomic E-state index is 0.0579. The summed E-state index contributed by atoms with van der Waals surface area (Å²) in [6.07, 6.45) is 0.879. The molecule has 0 fully saturated rings. The van der Waals surface area contributed by atoms with E-state index in [0.717, 1.165) is 12.3 Å². The predicted octanol–water partition coefficient (Wildman–Crippen LogP) is 2.41. The molecule has 0 saturated heterocycles. The Kier molecular flexibility index (Phi) is 3.78. The Bertz CT molecular complexity index is 806. The van der Waals surface area contributed by atoms with Gasteiger partial charge in [-0.3, -0.25) is 0 Å². The molecular formula is C14H7FN4O2. The lowest BCUT2D eigenvalue weighted by atomic mass is 10.1. The number of hydrogen-bond donors (Lipinski definition) is 2. The largest absolute Gasteiger partial charge is 0.478 e. The van der Waals surface area contributed by atoms with Crippen molar-refractivity contribution in [2.75, 3.05) is 5.32 Å². The lowest BCUT2D eigenvalue weighted by Gasteiger charge is -2.09. The molecule has 21 heavy (non-hydrogen) atoms. The molecule has 0 aliphatic heterocycles. The van der Waals surface area contributed by atoms with Gasteiger partial charge in [-0.05, 0) is 24.3 Å². The van der Waals surface area contributed by atoms with Gasteiger partial charge in [0.05, 0.1) is 17.3 Å². The highest BCUT2D eigenvalue weighted by Crippen LogP contribution is 2.21. The van der Waals surface area contributed by atoms with Crippen LogP contribution in [0.1, 0.15) is 21.5 Å². The highest BCUT2D eigenvalue weighted by atomic mass is 19.1. The number of anilines is 2. The van der Waals surface area contributed by atoms with E-state index in [1.165, 1.54) is 18.2 Å². The summed E-state index contributed by atoms with van der Waals surface area (Å²) in [5.41, 5.74) is 0.375. The molecule has 2 rings (SSSR count). The van der Waals surface area contributed by atoms with Gasteiger partial charge in [-0.25, -0.2) is 14.2 Å². The van der Waals surface area contributed by atoms with E-state index in [2.05, 4.69) is 10.3 Å². The molecule has 0 atom stereocenters. The number of nitrogens with one attached hydrogen (secondary N) is 1. The van der Waals surface area contributed by atoms with E-state index >= 15 is 0 Å². The van der Waals surface area contributed by atoms with Gasteiger partial charge in [-0.2, -0.15) is 10.5 Å². The van der Waals surface area contributed by atoms with Crippen molar-refractivity contribution >= 4 is 17.5 Å². The highest BCUT2D eigenvalue weighted by molar-refractivity contribution is 5.94. The van der Waals surface area contributed by atoms with Crippen molar-refractivity contribution in [2.45, 2.75) is 0 Å². The second kappa shape index (κ2) is 5.68. The van der Waals surface area contributed by atoms with Gasteiger partial charge in [-0.1, -0.05) is 0 Å². The fourth-order valence-electron chi connectivity index (χ4n) is 1.65. The van der Waals surface area contributed by atoms with Gasteiger partial charge in [0.25, 0.3) is 0 Å². The first-order valence-corrected chi connectivity index (χ1v) is 5.65. The van der Waals surface area contributed by atoms with Crippen LogP contribution in [-0.2, 0) is 0 Å². The molecule has 0 unspecified atom stereocenters. The third kappa shape index (κ3) is 2.94. The number of carboxylic acid groups (broad SMARTS) is 1. The van der Waals surface area contributed by atoms with Gasteiger partial charge in [0.1, 0.15) is 29.3 Å². The topological polar surface area (TPSA) is 110 Å². The fourth-order valence-corrected chi connectivity index (χ4v) is 1.65. The molecule has 2 N–H and O–H groups in total. The first-order valence-electron chi connectivity index (χ1n) is 5.65. The first-order chi connectivity index (χ1) is 10.0. The van der Waals surface area contributed by atoms with Gasteiger partial charge in [0.15, 0.2) is 0 Å². The molecule has 0 aliphatic rings.